The monoisotopic (exact) mass is 402 g/mol. The number of hydrogen-bond donors (Lipinski definition) is 3. The molecule has 3 heterocycles. The number of thiophene rings is 1. The van der Waals surface area contributed by atoms with Gasteiger partial charge in [-0.15, -0.1) is 11.3 Å². The van der Waals surface area contributed by atoms with Crippen LogP contribution in [0.3, 0.4) is 0 Å². The topological polar surface area (TPSA) is 113 Å². The van der Waals surface area contributed by atoms with E-state index in [9.17, 15) is 23.9 Å². The van der Waals surface area contributed by atoms with E-state index in [1.165, 1.54) is 13.1 Å². The number of carboxylic acids is 1. The summed E-state index contributed by atoms with van der Waals surface area (Å²) < 4.78 is 15.5. The first-order valence-corrected chi connectivity index (χ1v) is 9.30. The van der Waals surface area contributed by atoms with Gasteiger partial charge in [0, 0.05) is 36.8 Å². The highest BCUT2D eigenvalue weighted by atomic mass is 32.1. The lowest BCUT2D eigenvalue weighted by Gasteiger charge is -2.11. The van der Waals surface area contributed by atoms with Gasteiger partial charge in [0.1, 0.15) is 11.4 Å². The molecule has 1 aliphatic rings. The van der Waals surface area contributed by atoms with E-state index in [4.69, 9.17) is 0 Å². The Labute approximate surface area is 161 Å². The number of rotatable bonds is 5. The molecule has 0 unspecified atom stereocenters. The predicted molar refractivity (Wildman–Crippen MR) is 103 cm³/mol. The molecule has 144 valence electrons. The molecule has 28 heavy (non-hydrogen) atoms. The molecule has 0 aliphatic heterocycles. The zero-order valence-electron chi connectivity index (χ0n) is 14.7. The SMILES string of the molecule is Cn1cc(F)c2scc(Nc3cc(NC(=O)C4CC4)ncc3C(=O)O)c2c1=O. The van der Waals surface area contributed by atoms with Crippen LogP contribution in [-0.4, -0.2) is 26.5 Å². The summed E-state index contributed by atoms with van der Waals surface area (Å²) in [5.74, 6) is -1.78. The Kier molecular flexibility index (Phi) is 4.34. The second-order valence-corrected chi connectivity index (χ2v) is 7.44. The first-order chi connectivity index (χ1) is 13.3. The maximum atomic E-state index is 14.1. The van der Waals surface area contributed by atoms with E-state index in [0.717, 1.165) is 41.1 Å². The van der Waals surface area contributed by atoms with Gasteiger partial charge < -0.3 is 20.3 Å². The van der Waals surface area contributed by atoms with Crippen molar-refractivity contribution in [2.45, 2.75) is 12.8 Å². The number of carbonyl (C=O) groups is 2. The van der Waals surface area contributed by atoms with E-state index in [2.05, 4.69) is 15.6 Å². The number of halogens is 1. The van der Waals surface area contributed by atoms with Crippen molar-refractivity contribution in [1.29, 1.82) is 0 Å². The van der Waals surface area contributed by atoms with Gasteiger partial charge in [0.2, 0.25) is 5.91 Å². The lowest BCUT2D eigenvalue weighted by atomic mass is 10.2. The van der Waals surface area contributed by atoms with Crippen LogP contribution in [0.2, 0.25) is 0 Å². The number of anilines is 3. The third kappa shape index (κ3) is 3.22. The number of carbonyl (C=O) groups excluding carboxylic acids is 1. The van der Waals surface area contributed by atoms with Crippen molar-refractivity contribution < 1.29 is 19.1 Å². The first kappa shape index (κ1) is 18.1. The number of aromatic carboxylic acids is 1. The van der Waals surface area contributed by atoms with Gasteiger partial charge in [0.25, 0.3) is 5.56 Å². The molecular formula is C18H15FN4O4S. The van der Waals surface area contributed by atoms with Crippen LogP contribution < -0.4 is 16.2 Å². The average molecular weight is 402 g/mol. The normalized spacial score (nSPS) is 13.5. The summed E-state index contributed by atoms with van der Waals surface area (Å²) >= 11 is 1.04. The summed E-state index contributed by atoms with van der Waals surface area (Å²) in [7, 11) is 1.44. The molecule has 1 amide bonds. The average Bonchev–Trinajstić information content (AvgIpc) is 3.41. The summed E-state index contributed by atoms with van der Waals surface area (Å²) in [4.78, 5) is 39.9. The summed E-state index contributed by atoms with van der Waals surface area (Å²) in [6.07, 6.45) is 3.87. The van der Waals surface area contributed by atoms with Gasteiger partial charge in [-0.05, 0) is 12.8 Å². The third-order valence-electron chi connectivity index (χ3n) is 4.45. The largest absolute Gasteiger partial charge is 0.478 e. The van der Waals surface area contributed by atoms with Crippen LogP contribution in [0.4, 0.5) is 21.6 Å². The van der Waals surface area contributed by atoms with E-state index >= 15 is 0 Å². The van der Waals surface area contributed by atoms with Crippen LogP contribution in [0.1, 0.15) is 23.2 Å². The number of aromatic nitrogens is 2. The molecule has 3 aromatic heterocycles. The molecule has 3 N–H and O–H groups in total. The smallest absolute Gasteiger partial charge is 0.339 e. The van der Waals surface area contributed by atoms with E-state index in [0.29, 0.717) is 0 Å². The van der Waals surface area contributed by atoms with Crippen molar-refractivity contribution in [3.63, 3.8) is 0 Å². The van der Waals surface area contributed by atoms with Gasteiger partial charge >= 0.3 is 5.97 Å². The van der Waals surface area contributed by atoms with Crippen LogP contribution in [-0.2, 0) is 11.8 Å². The van der Waals surface area contributed by atoms with Crippen molar-refractivity contribution in [2.24, 2.45) is 13.0 Å². The molecule has 0 atom stereocenters. The minimum atomic E-state index is -1.23. The van der Waals surface area contributed by atoms with Gasteiger partial charge in [0.05, 0.1) is 21.5 Å². The Morgan fingerprint density at radius 2 is 2.11 bits per heavy atom. The fraction of sp³-hybridized carbons (Fsp3) is 0.222. The Morgan fingerprint density at radius 1 is 1.36 bits per heavy atom. The second kappa shape index (κ2) is 6.71. The Bertz CT molecular complexity index is 1180. The Morgan fingerprint density at radius 3 is 2.79 bits per heavy atom. The molecule has 0 spiro atoms. The van der Waals surface area contributed by atoms with Crippen molar-refractivity contribution in [3.8, 4) is 0 Å². The maximum Gasteiger partial charge on any atom is 0.339 e. The summed E-state index contributed by atoms with van der Waals surface area (Å²) in [5, 5.41) is 16.6. The van der Waals surface area contributed by atoms with E-state index in [1.54, 1.807) is 5.38 Å². The summed E-state index contributed by atoms with van der Waals surface area (Å²) in [6, 6.07) is 1.39. The first-order valence-electron chi connectivity index (χ1n) is 8.42. The lowest BCUT2D eigenvalue weighted by molar-refractivity contribution is -0.117. The lowest BCUT2D eigenvalue weighted by Crippen LogP contribution is -2.17. The number of nitrogens with zero attached hydrogens (tertiary/aromatic N) is 2. The van der Waals surface area contributed by atoms with Crippen LogP contribution in [0, 0.1) is 11.7 Å². The molecule has 1 saturated carbocycles. The van der Waals surface area contributed by atoms with E-state index in [-0.39, 0.29) is 44.7 Å². The fourth-order valence-corrected chi connectivity index (χ4v) is 3.71. The zero-order valence-corrected chi connectivity index (χ0v) is 15.5. The van der Waals surface area contributed by atoms with Crippen molar-refractivity contribution in [1.82, 2.24) is 9.55 Å². The summed E-state index contributed by atoms with van der Waals surface area (Å²) in [6.45, 7) is 0. The van der Waals surface area contributed by atoms with E-state index in [1.807, 2.05) is 0 Å². The molecule has 0 radical (unpaired) electrons. The molecule has 4 rings (SSSR count). The zero-order chi connectivity index (χ0) is 20.0. The number of nitrogens with one attached hydrogen (secondary N) is 2. The van der Waals surface area contributed by atoms with Gasteiger partial charge in [-0.25, -0.2) is 14.2 Å². The van der Waals surface area contributed by atoms with Gasteiger partial charge in [0.15, 0.2) is 5.82 Å². The minimum Gasteiger partial charge on any atom is -0.478 e. The number of pyridine rings is 2. The van der Waals surface area contributed by atoms with Crippen molar-refractivity contribution >= 4 is 50.5 Å². The maximum absolute atomic E-state index is 14.1. The number of hydrogen-bond acceptors (Lipinski definition) is 6. The molecule has 3 aromatic rings. The molecule has 1 fully saturated rings. The van der Waals surface area contributed by atoms with Crippen LogP contribution in [0.5, 0.6) is 0 Å². The number of carboxylic acid groups (broad SMARTS) is 1. The highest BCUT2D eigenvalue weighted by Gasteiger charge is 2.30. The molecule has 0 bridgehead atoms. The number of amides is 1. The Hall–Kier alpha value is -3.27. The quantitative estimate of drug-likeness (QED) is 0.605. The van der Waals surface area contributed by atoms with Crippen LogP contribution in [0.25, 0.3) is 10.1 Å². The van der Waals surface area contributed by atoms with Crippen LogP contribution >= 0.6 is 11.3 Å². The van der Waals surface area contributed by atoms with Gasteiger partial charge in [-0.2, -0.15) is 0 Å². The predicted octanol–water partition coefficient (Wildman–Crippen LogP) is 2.92. The molecular weight excluding hydrogens is 387 g/mol. The highest BCUT2D eigenvalue weighted by Crippen LogP contribution is 2.34. The highest BCUT2D eigenvalue weighted by molar-refractivity contribution is 7.17. The van der Waals surface area contributed by atoms with Gasteiger partial charge in [-0.1, -0.05) is 0 Å². The standard InChI is InChI=1S/C18H15FN4O4S/c1-23-6-10(19)15-14(17(23)25)12(7-28-15)21-11-4-13(20-5-9(11)18(26)27)22-16(24)8-2-3-8/h4-8H,2-3H2,1H3,(H,26,27)(H2,20,21,22,24). The van der Waals surface area contributed by atoms with Crippen LogP contribution in [0.15, 0.2) is 28.6 Å². The number of fused-ring (bicyclic) bond motifs is 1. The molecule has 1 aliphatic carbocycles. The minimum absolute atomic E-state index is 0.0378. The summed E-state index contributed by atoms with van der Waals surface area (Å²) in [5.41, 5.74) is -0.127. The Balaban J connectivity index is 1.76. The number of aryl methyl sites for hydroxylation is 1. The molecule has 0 aromatic carbocycles. The second-order valence-electron chi connectivity index (χ2n) is 6.56. The molecule has 10 heteroatoms. The van der Waals surface area contributed by atoms with Crippen molar-refractivity contribution in [2.75, 3.05) is 10.6 Å². The molecule has 8 nitrogen and oxygen atoms in total. The van der Waals surface area contributed by atoms with E-state index < -0.39 is 17.3 Å². The van der Waals surface area contributed by atoms with Gasteiger partial charge in [-0.3, -0.25) is 9.59 Å². The third-order valence-corrected chi connectivity index (χ3v) is 5.44. The molecule has 0 saturated heterocycles. The van der Waals surface area contributed by atoms with Crippen molar-refractivity contribution in [3.05, 3.63) is 45.6 Å². The fourth-order valence-electron chi connectivity index (χ4n) is 2.82.